The van der Waals surface area contributed by atoms with Crippen molar-refractivity contribution in [3.8, 4) is 11.5 Å². The van der Waals surface area contributed by atoms with Crippen molar-refractivity contribution in [1.29, 1.82) is 0 Å². The van der Waals surface area contributed by atoms with E-state index in [1.165, 1.54) is 18.2 Å². The number of amides is 1. The number of aromatic hydroxyl groups is 2. The molecular formula is C16H24N2O3. The lowest BCUT2D eigenvalue weighted by Gasteiger charge is -2.27. The fraction of sp³-hybridized carbons (Fsp3) is 0.562. The molecule has 1 heterocycles. The highest BCUT2D eigenvalue weighted by Crippen LogP contribution is 2.22. The maximum absolute atomic E-state index is 12.6. The summed E-state index contributed by atoms with van der Waals surface area (Å²) in [6.07, 6.45) is 2.22. The summed E-state index contributed by atoms with van der Waals surface area (Å²) in [7, 11) is 0. The van der Waals surface area contributed by atoms with Gasteiger partial charge in [-0.2, -0.15) is 0 Å². The molecule has 1 saturated heterocycles. The summed E-state index contributed by atoms with van der Waals surface area (Å²) in [5, 5.41) is 22.5. The van der Waals surface area contributed by atoms with Gasteiger partial charge in [-0.1, -0.05) is 13.8 Å². The molecule has 1 atom stereocenters. The lowest BCUT2D eigenvalue weighted by atomic mass is 10.1. The molecule has 5 heteroatoms. The fourth-order valence-electron chi connectivity index (χ4n) is 2.76. The minimum absolute atomic E-state index is 0.0955. The monoisotopic (exact) mass is 292 g/mol. The van der Waals surface area contributed by atoms with Crippen LogP contribution in [0.2, 0.25) is 0 Å². The van der Waals surface area contributed by atoms with Crippen molar-refractivity contribution in [2.45, 2.75) is 32.7 Å². The molecule has 5 nitrogen and oxygen atoms in total. The zero-order valence-corrected chi connectivity index (χ0v) is 12.7. The van der Waals surface area contributed by atoms with Gasteiger partial charge in [0.25, 0.3) is 5.91 Å². The van der Waals surface area contributed by atoms with E-state index < -0.39 is 0 Å². The van der Waals surface area contributed by atoms with E-state index >= 15 is 0 Å². The third-order valence-corrected chi connectivity index (χ3v) is 3.63. The van der Waals surface area contributed by atoms with Crippen LogP contribution in [0, 0.1) is 5.92 Å². The lowest BCUT2D eigenvalue weighted by molar-refractivity contribution is 0.0720. The SMILES string of the molecule is CC(C)CN(CC1CCCN1)C(=O)c1cc(O)cc(O)c1. The van der Waals surface area contributed by atoms with E-state index in [9.17, 15) is 15.0 Å². The molecule has 0 saturated carbocycles. The molecule has 1 fully saturated rings. The van der Waals surface area contributed by atoms with Crippen LogP contribution in [-0.4, -0.2) is 46.7 Å². The Morgan fingerprint density at radius 1 is 1.33 bits per heavy atom. The molecule has 0 spiro atoms. The number of benzene rings is 1. The minimum Gasteiger partial charge on any atom is -0.508 e. The first kappa shape index (κ1) is 15.6. The van der Waals surface area contributed by atoms with Gasteiger partial charge in [-0.15, -0.1) is 0 Å². The van der Waals surface area contributed by atoms with Crippen molar-refractivity contribution < 1.29 is 15.0 Å². The molecule has 1 aromatic carbocycles. The number of carbonyl (C=O) groups excluding carboxylic acids is 1. The van der Waals surface area contributed by atoms with Gasteiger partial charge in [0, 0.05) is 30.8 Å². The number of phenols is 2. The molecule has 1 aliphatic heterocycles. The third-order valence-electron chi connectivity index (χ3n) is 3.63. The van der Waals surface area contributed by atoms with Crippen LogP contribution in [-0.2, 0) is 0 Å². The molecule has 3 N–H and O–H groups in total. The van der Waals surface area contributed by atoms with Gasteiger partial charge in [0.05, 0.1) is 0 Å². The highest BCUT2D eigenvalue weighted by atomic mass is 16.3. The van der Waals surface area contributed by atoms with Gasteiger partial charge in [0.15, 0.2) is 0 Å². The van der Waals surface area contributed by atoms with Crippen LogP contribution in [0.25, 0.3) is 0 Å². The third kappa shape index (κ3) is 4.36. The Hall–Kier alpha value is -1.75. The predicted octanol–water partition coefficient (Wildman–Crippen LogP) is 1.95. The van der Waals surface area contributed by atoms with Crippen molar-refractivity contribution in [3.05, 3.63) is 23.8 Å². The van der Waals surface area contributed by atoms with Crippen LogP contribution in [0.1, 0.15) is 37.0 Å². The summed E-state index contributed by atoms with van der Waals surface area (Å²) in [6.45, 7) is 6.47. The van der Waals surface area contributed by atoms with Crippen molar-refractivity contribution in [2.75, 3.05) is 19.6 Å². The number of rotatable bonds is 5. The van der Waals surface area contributed by atoms with Gasteiger partial charge in [-0.25, -0.2) is 0 Å². The second-order valence-electron chi connectivity index (χ2n) is 6.14. The van der Waals surface area contributed by atoms with E-state index in [1.807, 2.05) is 4.90 Å². The number of nitrogens with zero attached hydrogens (tertiary/aromatic N) is 1. The Bertz CT molecular complexity index is 476. The Labute approximate surface area is 125 Å². The van der Waals surface area contributed by atoms with Crippen molar-refractivity contribution in [3.63, 3.8) is 0 Å². The molecule has 0 bridgehead atoms. The average Bonchev–Trinajstić information content (AvgIpc) is 2.88. The normalized spacial score (nSPS) is 18.1. The average molecular weight is 292 g/mol. The molecule has 0 aliphatic carbocycles. The van der Waals surface area contributed by atoms with Crippen molar-refractivity contribution in [2.24, 2.45) is 5.92 Å². The highest BCUT2D eigenvalue weighted by molar-refractivity contribution is 5.95. The van der Waals surface area contributed by atoms with Gasteiger partial charge in [0.2, 0.25) is 0 Å². The molecular weight excluding hydrogens is 268 g/mol. The maximum atomic E-state index is 12.6. The van der Waals surface area contributed by atoms with Crippen LogP contribution in [0.3, 0.4) is 0 Å². The summed E-state index contributed by atoms with van der Waals surface area (Å²) in [6, 6.07) is 4.36. The van der Waals surface area contributed by atoms with E-state index in [0.717, 1.165) is 19.4 Å². The zero-order valence-electron chi connectivity index (χ0n) is 12.7. The molecule has 1 unspecified atom stereocenters. The van der Waals surface area contributed by atoms with E-state index in [4.69, 9.17) is 0 Å². The number of nitrogens with one attached hydrogen (secondary N) is 1. The topological polar surface area (TPSA) is 72.8 Å². The summed E-state index contributed by atoms with van der Waals surface area (Å²) in [5.74, 6) is 0.0218. The molecule has 116 valence electrons. The van der Waals surface area contributed by atoms with Crippen molar-refractivity contribution >= 4 is 5.91 Å². The van der Waals surface area contributed by atoms with Gasteiger partial charge >= 0.3 is 0 Å². The first-order valence-corrected chi connectivity index (χ1v) is 7.51. The first-order valence-electron chi connectivity index (χ1n) is 7.51. The second kappa shape index (κ2) is 6.80. The molecule has 2 rings (SSSR count). The quantitative estimate of drug-likeness (QED) is 0.775. The van der Waals surface area contributed by atoms with Crippen LogP contribution in [0.5, 0.6) is 11.5 Å². The maximum Gasteiger partial charge on any atom is 0.254 e. The van der Waals surface area contributed by atoms with Gasteiger partial charge < -0.3 is 20.4 Å². The lowest BCUT2D eigenvalue weighted by Crippen LogP contribution is -2.42. The van der Waals surface area contributed by atoms with Crippen LogP contribution >= 0.6 is 0 Å². The largest absolute Gasteiger partial charge is 0.508 e. The van der Waals surface area contributed by atoms with Gasteiger partial charge in [0.1, 0.15) is 11.5 Å². The number of hydrogen-bond donors (Lipinski definition) is 3. The number of phenolic OH excluding ortho intramolecular Hbond substituents is 2. The van der Waals surface area contributed by atoms with E-state index in [1.54, 1.807) is 0 Å². The molecule has 1 amide bonds. The number of hydrogen-bond acceptors (Lipinski definition) is 4. The van der Waals surface area contributed by atoms with Gasteiger partial charge in [-0.3, -0.25) is 4.79 Å². The summed E-state index contributed by atoms with van der Waals surface area (Å²) in [4.78, 5) is 14.5. The predicted molar refractivity (Wildman–Crippen MR) is 81.5 cm³/mol. The summed E-state index contributed by atoms with van der Waals surface area (Å²) >= 11 is 0. The Morgan fingerprint density at radius 3 is 2.52 bits per heavy atom. The standard InChI is InChI=1S/C16H24N2O3/c1-11(2)9-18(10-13-4-3-5-17-13)16(21)12-6-14(19)8-15(20)7-12/h6-8,11,13,17,19-20H,3-5,9-10H2,1-2H3. The molecule has 0 radical (unpaired) electrons. The van der Waals surface area contributed by atoms with Crippen LogP contribution in [0.15, 0.2) is 18.2 Å². The highest BCUT2D eigenvalue weighted by Gasteiger charge is 2.23. The second-order valence-corrected chi connectivity index (χ2v) is 6.14. The van der Waals surface area contributed by atoms with Crippen molar-refractivity contribution in [1.82, 2.24) is 10.2 Å². The van der Waals surface area contributed by atoms with E-state index in [-0.39, 0.29) is 17.4 Å². The van der Waals surface area contributed by atoms with E-state index in [2.05, 4.69) is 19.2 Å². The summed E-state index contributed by atoms with van der Waals surface area (Å²) in [5.41, 5.74) is 0.325. The molecule has 0 aromatic heterocycles. The molecule has 1 aliphatic rings. The Morgan fingerprint density at radius 2 is 2.00 bits per heavy atom. The Kier molecular flexibility index (Phi) is 5.07. The van der Waals surface area contributed by atoms with Crippen LogP contribution in [0.4, 0.5) is 0 Å². The fourth-order valence-corrected chi connectivity index (χ4v) is 2.76. The minimum atomic E-state index is -0.149. The molecule has 21 heavy (non-hydrogen) atoms. The number of carbonyl (C=O) groups is 1. The van der Waals surface area contributed by atoms with Gasteiger partial charge in [-0.05, 0) is 37.4 Å². The first-order chi connectivity index (χ1) is 9.95. The zero-order chi connectivity index (χ0) is 15.4. The van der Waals surface area contributed by atoms with Crippen LogP contribution < -0.4 is 5.32 Å². The van der Waals surface area contributed by atoms with E-state index in [0.29, 0.717) is 30.6 Å². The Balaban J connectivity index is 2.15. The smallest absolute Gasteiger partial charge is 0.254 e. The molecule has 1 aromatic rings. The summed E-state index contributed by atoms with van der Waals surface area (Å²) < 4.78 is 0.